The lowest BCUT2D eigenvalue weighted by Gasteiger charge is -2.11. The molecule has 1 radical (unpaired) electrons. The fourth-order valence-electron chi connectivity index (χ4n) is 1.65. The lowest BCUT2D eigenvalue weighted by molar-refractivity contribution is 0.371. The second kappa shape index (κ2) is 7.12. The number of hydrogen-bond acceptors (Lipinski definition) is 4. The van der Waals surface area contributed by atoms with Crippen LogP contribution in [-0.4, -0.2) is 21.9 Å². The Kier molecular flexibility index (Phi) is 5.20. The highest BCUT2D eigenvalue weighted by molar-refractivity contribution is 6.20. The standard InChI is InChI=1S/C14H10BF4O4/c1-20-7-3-9(16)13(10(17)4-7)22-15-23-14-11(18)5-8(21-2)6-12(14)19/h3-6H,1-2H3. The number of methoxy groups -OCH3 is 2. The van der Waals surface area contributed by atoms with Crippen LogP contribution >= 0.6 is 0 Å². The van der Waals surface area contributed by atoms with Crippen LogP contribution in [0.2, 0.25) is 0 Å². The van der Waals surface area contributed by atoms with E-state index in [1.54, 1.807) is 0 Å². The third-order valence-corrected chi connectivity index (χ3v) is 2.75. The van der Waals surface area contributed by atoms with Crippen molar-refractivity contribution in [3.05, 3.63) is 47.5 Å². The molecule has 0 atom stereocenters. The molecule has 2 aromatic carbocycles. The fourth-order valence-corrected chi connectivity index (χ4v) is 1.65. The van der Waals surface area contributed by atoms with E-state index in [4.69, 9.17) is 0 Å². The third-order valence-electron chi connectivity index (χ3n) is 2.75. The fraction of sp³-hybridized carbons (Fsp3) is 0.143. The topological polar surface area (TPSA) is 36.9 Å². The molecular weight excluding hydrogens is 319 g/mol. The van der Waals surface area contributed by atoms with Gasteiger partial charge >= 0.3 is 7.69 Å². The quantitative estimate of drug-likeness (QED) is 0.602. The van der Waals surface area contributed by atoms with Crippen molar-refractivity contribution in [3.8, 4) is 23.0 Å². The van der Waals surface area contributed by atoms with Gasteiger partial charge in [0.1, 0.15) is 11.5 Å². The van der Waals surface area contributed by atoms with E-state index in [1.165, 1.54) is 14.2 Å². The summed E-state index contributed by atoms with van der Waals surface area (Å²) in [5.41, 5.74) is 0. The Labute approximate surface area is 129 Å². The van der Waals surface area contributed by atoms with Gasteiger partial charge in [0.15, 0.2) is 34.8 Å². The zero-order valence-electron chi connectivity index (χ0n) is 12.0. The Morgan fingerprint density at radius 2 is 0.957 bits per heavy atom. The zero-order valence-corrected chi connectivity index (χ0v) is 12.0. The molecule has 0 amide bonds. The predicted molar refractivity (Wildman–Crippen MR) is 72.8 cm³/mol. The van der Waals surface area contributed by atoms with Gasteiger partial charge in [-0.25, -0.2) is 17.6 Å². The van der Waals surface area contributed by atoms with Gasteiger partial charge in [0, 0.05) is 24.3 Å². The van der Waals surface area contributed by atoms with Crippen molar-refractivity contribution >= 4 is 7.69 Å². The van der Waals surface area contributed by atoms with Crippen LogP contribution in [0.1, 0.15) is 0 Å². The lowest BCUT2D eigenvalue weighted by Crippen LogP contribution is -2.14. The molecule has 9 heteroatoms. The van der Waals surface area contributed by atoms with Crippen LogP contribution in [0.15, 0.2) is 24.3 Å². The van der Waals surface area contributed by atoms with Gasteiger partial charge in [-0.05, 0) is 0 Å². The molecule has 2 rings (SSSR count). The molecular formula is C14H10BF4O4. The summed E-state index contributed by atoms with van der Waals surface area (Å²) in [6.45, 7) is 0. The Bertz CT molecular complexity index is 606. The SMILES string of the molecule is COc1cc(F)c(O[B]Oc2c(F)cc(OC)cc2F)c(F)c1. The monoisotopic (exact) mass is 329 g/mol. The van der Waals surface area contributed by atoms with E-state index in [0.29, 0.717) is 7.69 Å². The van der Waals surface area contributed by atoms with Gasteiger partial charge in [-0.3, -0.25) is 0 Å². The highest BCUT2D eigenvalue weighted by Crippen LogP contribution is 2.28. The number of ether oxygens (including phenoxy) is 2. The van der Waals surface area contributed by atoms with E-state index in [2.05, 4.69) is 18.8 Å². The van der Waals surface area contributed by atoms with Crippen LogP contribution in [0.3, 0.4) is 0 Å². The average molecular weight is 329 g/mol. The van der Waals surface area contributed by atoms with Crippen molar-refractivity contribution in [2.75, 3.05) is 14.2 Å². The summed E-state index contributed by atoms with van der Waals surface area (Å²) < 4.78 is 73.0. The Morgan fingerprint density at radius 3 is 1.22 bits per heavy atom. The van der Waals surface area contributed by atoms with Gasteiger partial charge in [0.2, 0.25) is 0 Å². The van der Waals surface area contributed by atoms with E-state index < -0.39 is 34.8 Å². The van der Waals surface area contributed by atoms with E-state index in [1.807, 2.05) is 0 Å². The molecule has 0 aliphatic heterocycles. The molecule has 121 valence electrons. The first-order chi connectivity index (χ1) is 11.0. The number of halogens is 4. The highest BCUT2D eigenvalue weighted by atomic mass is 19.1. The summed E-state index contributed by atoms with van der Waals surface area (Å²) in [6, 6.07) is 3.50. The molecule has 0 heterocycles. The van der Waals surface area contributed by atoms with E-state index in [-0.39, 0.29) is 11.5 Å². The summed E-state index contributed by atoms with van der Waals surface area (Å²) in [6.07, 6.45) is 0. The smallest absolute Gasteiger partial charge is 0.522 e. The summed E-state index contributed by atoms with van der Waals surface area (Å²) in [5, 5.41) is 0. The van der Waals surface area contributed by atoms with Crippen molar-refractivity contribution in [3.63, 3.8) is 0 Å². The molecule has 0 unspecified atom stereocenters. The van der Waals surface area contributed by atoms with Gasteiger partial charge in [0.25, 0.3) is 0 Å². The first-order valence-corrected chi connectivity index (χ1v) is 6.17. The van der Waals surface area contributed by atoms with E-state index in [9.17, 15) is 17.6 Å². The molecule has 4 nitrogen and oxygen atoms in total. The Balaban J connectivity index is 2.09. The van der Waals surface area contributed by atoms with Crippen molar-refractivity contribution in [2.24, 2.45) is 0 Å². The molecule has 2 aromatic rings. The van der Waals surface area contributed by atoms with Gasteiger partial charge in [-0.1, -0.05) is 0 Å². The van der Waals surface area contributed by atoms with E-state index >= 15 is 0 Å². The molecule has 0 bridgehead atoms. The zero-order chi connectivity index (χ0) is 17.0. The minimum atomic E-state index is -1.07. The van der Waals surface area contributed by atoms with Gasteiger partial charge in [-0.15, -0.1) is 0 Å². The minimum absolute atomic E-state index is 0.0551. The third kappa shape index (κ3) is 3.79. The lowest BCUT2D eigenvalue weighted by atomic mass is 10.2. The molecule has 0 aliphatic rings. The molecule has 0 fully saturated rings. The molecule has 23 heavy (non-hydrogen) atoms. The Morgan fingerprint density at radius 1 is 0.652 bits per heavy atom. The largest absolute Gasteiger partial charge is 0.658 e. The van der Waals surface area contributed by atoms with Crippen molar-refractivity contribution in [1.82, 2.24) is 0 Å². The first kappa shape index (κ1) is 16.8. The van der Waals surface area contributed by atoms with Gasteiger partial charge in [0.05, 0.1) is 14.2 Å². The minimum Gasteiger partial charge on any atom is -0.522 e. The highest BCUT2D eigenvalue weighted by Gasteiger charge is 2.18. The number of benzene rings is 2. The maximum Gasteiger partial charge on any atom is 0.658 e. The van der Waals surface area contributed by atoms with Crippen molar-refractivity contribution in [1.29, 1.82) is 0 Å². The average Bonchev–Trinajstić information content (AvgIpc) is 2.51. The predicted octanol–water partition coefficient (Wildman–Crippen LogP) is 3.25. The summed E-state index contributed by atoms with van der Waals surface area (Å²) in [7, 11) is 2.88. The van der Waals surface area contributed by atoms with Gasteiger partial charge in [-0.2, -0.15) is 0 Å². The second-order valence-corrected chi connectivity index (χ2v) is 4.17. The summed E-state index contributed by atoms with van der Waals surface area (Å²) >= 11 is 0. The van der Waals surface area contributed by atoms with Crippen molar-refractivity contribution in [2.45, 2.75) is 0 Å². The maximum atomic E-state index is 13.6. The molecule has 0 aliphatic carbocycles. The summed E-state index contributed by atoms with van der Waals surface area (Å²) in [4.78, 5) is 0. The maximum absolute atomic E-state index is 13.6. The van der Waals surface area contributed by atoms with Crippen LogP contribution in [0.25, 0.3) is 0 Å². The molecule has 0 N–H and O–H groups in total. The summed E-state index contributed by atoms with van der Waals surface area (Å²) in [5.74, 6) is -6.01. The number of hydrogen-bond donors (Lipinski definition) is 0. The van der Waals surface area contributed by atoms with Crippen LogP contribution in [0.5, 0.6) is 23.0 Å². The van der Waals surface area contributed by atoms with Crippen LogP contribution in [0.4, 0.5) is 17.6 Å². The van der Waals surface area contributed by atoms with Crippen molar-refractivity contribution < 1.29 is 36.3 Å². The van der Waals surface area contributed by atoms with Crippen LogP contribution in [0, 0.1) is 23.3 Å². The first-order valence-electron chi connectivity index (χ1n) is 6.17. The molecule has 0 aromatic heterocycles. The van der Waals surface area contributed by atoms with E-state index in [0.717, 1.165) is 24.3 Å². The Hall–Kier alpha value is -2.58. The van der Waals surface area contributed by atoms with Crippen LogP contribution < -0.4 is 18.8 Å². The number of rotatable bonds is 6. The van der Waals surface area contributed by atoms with Gasteiger partial charge < -0.3 is 18.8 Å². The normalized spacial score (nSPS) is 10.2. The molecule has 0 spiro atoms. The molecule has 0 saturated carbocycles. The molecule has 0 saturated heterocycles. The van der Waals surface area contributed by atoms with Crippen LogP contribution in [-0.2, 0) is 0 Å². The second-order valence-electron chi connectivity index (χ2n) is 4.17.